The van der Waals surface area contributed by atoms with Crippen molar-refractivity contribution in [3.05, 3.63) is 42.0 Å². The summed E-state index contributed by atoms with van der Waals surface area (Å²) >= 11 is 0. The van der Waals surface area contributed by atoms with Crippen molar-refractivity contribution in [3.63, 3.8) is 0 Å². The number of hydrogen-bond acceptors (Lipinski definition) is 1. The third-order valence-electron chi connectivity index (χ3n) is 1.41. The molecule has 3 nitrogen and oxygen atoms in total. The van der Waals surface area contributed by atoms with Gasteiger partial charge in [0.1, 0.15) is 0 Å². The lowest BCUT2D eigenvalue weighted by molar-refractivity contribution is 0.137. The Morgan fingerprint density at radius 2 is 1.85 bits per heavy atom. The third-order valence-corrected chi connectivity index (χ3v) is 1.41. The Balaban J connectivity index is 0.000000310. The van der Waals surface area contributed by atoms with Crippen molar-refractivity contribution < 1.29 is 15.0 Å². The molecule has 0 aliphatic heterocycles. The zero-order valence-corrected chi connectivity index (χ0v) is 7.40. The molecule has 13 heavy (non-hydrogen) atoms. The molecule has 1 aromatic carbocycles. The van der Waals surface area contributed by atoms with Crippen LogP contribution >= 0.6 is 0 Å². The van der Waals surface area contributed by atoms with E-state index >= 15 is 0 Å². The standard InChI is InChI=1S/C9H10.CH2O3/c1-3-9-7-5-4-6-8(9)2;2-1(3)4/h3-7H,1H2,2H3;(H2,2,3,4). The van der Waals surface area contributed by atoms with Gasteiger partial charge in [0.15, 0.2) is 0 Å². The van der Waals surface area contributed by atoms with Crippen LogP contribution in [-0.4, -0.2) is 16.4 Å². The zero-order chi connectivity index (χ0) is 10.3. The van der Waals surface area contributed by atoms with Gasteiger partial charge < -0.3 is 10.2 Å². The van der Waals surface area contributed by atoms with E-state index in [4.69, 9.17) is 15.0 Å². The summed E-state index contributed by atoms with van der Waals surface area (Å²) < 4.78 is 0. The minimum absolute atomic E-state index is 1.22. The van der Waals surface area contributed by atoms with Gasteiger partial charge in [-0.25, -0.2) is 4.79 Å². The van der Waals surface area contributed by atoms with Gasteiger partial charge >= 0.3 is 6.16 Å². The highest BCUT2D eigenvalue weighted by atomic mass is 16.6. The molecule has 0 spiro atoms. The van der Waals surface area contributed by atoms with Crippen LogP contribution in [-0.2, 0) is 0 Å². The SMILES string of the molecule is C=Cc1ccccc1C.O=C(O)O. The van der Waals surface area contributed by atoms with Crippen molar-refractivity contribution in [1.82, 2.24) is 0 Å². The number of carboxylic acid groups (broad SMARTS) is 2. The first-order valence-corrected chi connectivity index (χ1v) is 3.68. The molecular weight excluding hydrogens is 168 g/mol. The van der Waals surface area contributed by atoms with Gasteiger partial charge in [-0.2, -0.15) is 0 Å². The average Bonchev–Trinajstić information content (AvgIpc) is 2.04. The smallest absolute Gasteiger partial charge is 0.450 e. The minimum Gasteiger partial charge on any atom is -0.450 e. The highest BCUT2D eigenvalue weighted by Crippen LogP contribution is 2.06. The van der Waals surface area contributed by atoms with E-state index in [1.807, 2.05) is 18.2 Å². The fourth-order valence-corrected chi connectivity index (χ4v) is 0.816. The van der Waals surface area contributed by atoms with Gasteiger partial charge in [-0.05, 0) is 18.1 Å². The second-order valence-electron chi connectivity index (χ2n) is 2.34. The van der Waals surface area contributed by atoms with Crippen LogP contribution in [0, 0.1) is 6.92 Å². The second-order valence-corrected chi connectivity index (χ2v) is 2.34. The number of rotatable bonds is 1. The summed E-state index contributed by atoms with van der Waals surface area (Å²) in [5.74, 6) is 0. The van der Waals surface area contributed by atoms with E-state index < -0.39 is 6.16 Å². The monoisotopic (exact) mass is 180 g/mol. The van der Waals surface area contributed by atoms with Crippen LogP contribution < -0.4 is 0 Å². The molecule has 0 aromatic heterocycles. The van der Waals surface area contributed by atoms with Gasteiger partial charge in [-0.1, -0.05) is 36.9 Å². The Bertz CT molecular complexity index is 288. The molecular formula is C10H12O3. The molecule has 0 aliphatic carbocycles. The Morgan fingerprint density at radius 1 is 1.38 bits per heavy atom. The first kappa shape index (κ1) is 11.2. The number of hydrogen-bond donors (Lipinski definition) is 2. The summed E-state index contributed by atoms with van der Waals surface area (Å²) in [4.78, 5) is 8.56. The van der Waals surface area contributed by atoms with Gasteiger partial charge in [-0.15, -0.1) is 0 Å². The van der Waals surface area contributed by atoms with E-state index in [0.717, 1.165) is 0 Å². The molecule has 0 heterocycles. The summed E-state index contributed by atoms with van der Waals surface area (Å²) in [5, 5.41) is 13.9. The van der Waals surface area contributed by atoms with Crippen molar-refractivity contribution in [3.8, 4) is 0 Å². The topological polar surface area (TPSA) is 57.5 Å². The highest BCUT2D eigenvalue weighted by Gasteiger charge is 1.86. The predicted octanol–water partition coefficient (Wildman–Crippen LogP) is 2.86. The fraction of sp³-hybridized carbons (Fsp3) is 0.100. The maximum absolute atomic E-state index is 8.56. The quantitative estimate of drug-likeness (QED) is 0.698. The van der Waals surface area contributed by atoms with Crippen LogP contribution in [0.3, 0.4) is 0 Å². The van der Waals surface area contributed by atoms with Crippen molar-refractivity contribution in [1.29, 1.82) is 0 Å². The lowest BCUT2D eigenvalue weighted by Gasteiger charge is -1.95. The number of aryl methyl sites for hydroxylation is 1. The lowest BCUT2D eigenvalue weighted by Crippen LogP contribution is -1.81. The van der Waals surface area contributed by atoms with Crippen molar-refractivity contribution in [2.45, 2.75) is 6.92 Å². The maximum atomic E-state index is 8.56. The van der Waals surface area contributed by atoms with Crippen LogP contribution in [0.5, 0.6) is 0 Å². The molecule has 1 aromatic rings. The largest absolute Gasteiger partial charge is 0.503 e. The van der Waals surface area contributed by atoms with Crippen molar-refractivity contribution in [2.75, 3.05) is 0 Å². The Kier molecular flexibility index (Phi) is 5.03. The molecule has 0 unspecified atom stereocenters. The molecule has 0 radical (unpaired) electrons. The van der Waals surface area contributed by atoms with Crippen LogP contribution in [0.15, 0.2) is 30.8 Å². The van der Waals surface area contributed by atoms with Crippen LogP contribution in [0.4, 0.5) is 4.79 Å². The normalized spacial score (nSPS) is 8.08. The summed E-state index contributed by atoms with van der Waals surface area (Å²) in [6, 6.07) is 8.19. The van der Waals surface area contributed by atoms with Gasteiger partial charge in [0.05, 0.1) is 0 Å². The molecule has 0 aliphatic rings. The zero-order valence-electron chi connectivity index (χ0n) is 7.40. The Labute approximate surface area is 77.0 Å². The minimum atomic E-state index is -1.83. The highest BCUT2D eigenvalue weighted by molar-refractivity contribution is 5.53. The molecule has 70 valence electrons. The summed E-state index contributed by atoms with van der Waals surface area (Å²) in [6.45, 7) is 5.77. The van der Waals surface area contributed by atoms with Gasteiger partial charge in [0.2, 0.25) is 0 Å². The maximum Gasteiger partial charge on any atom is 0.503 e. The van der Waals surface area contributed by atoms with Gasteiger partial charge in [-0.3, -0.25) is 0 Å². The Morgan fingerprint density at radius 3 is 2.15 bits per heavy atom. The Hall–Kier alpha value is -1.77. The predicted molar refractivity (Wildman–Crippen MR) is 51.9 cm³/mol. The van der Waals surface area contributed by atoms with Crippen LogP contribution in [0.1, 0.15) is 11.1 Å². The molecule has 0 amide bonds. The van der Waals surface area contributed by atoms with Crippen molar-refractivity contribution >= 4 is 12.2 Å². The molecule has 0 fully saturated rings. The number of carbonyl (C=O) groups is 1. The van der Waals surface area contributed by atoms with E-state index in [0.29, 0.717) is 0 Å². The first-order valence-electron chi connectivity index (χ1n) is 3.68. The van der Waals surface area contributed by atoms with E-state index in [-0.39, 0.29) is 0 Å². The molecule has 0 bridgehead atoms. The molecule has 3 heteroatoms. The molecule has 0 atom stereocenters. The summed E-state index contributed by atoms with van der Waals surface area (Å²) in [6.07, 6.45) is 0.0370. The lowest BCUT2D eigenvalue weighted by atomic mass is 10.1. The first-order chi connectivity index (χ1) is 6.07. The summed E-state index contributed by atoms with van der Waals surface area (Å²) in [5.41, 5.74) is 2.50. The van der Waals surface area contributed by atoms with Crippen LogP contribution in [0.25, 0.3) is 6.08 Å². The van der Waals surface area contributed by atoms with E-state index in [1.165, 1.54) is 11.1 Å². The second kappa shape index (κ2) is 5.83. The van der Waals surface area contributed by atoms with E-state index in [9.17, 15) is 0 Å². The molecule has 1 rings (SSSR count). The van der Waals surface area contributed by atoms with E-state index in [1.54, 1.807) is 0 Å². The summed E-state index contributed by atoms with van der Waals surface area (Å²) in [7, 11) is 0. The fourth-order valence-electron chi connectivity index (χ4n) is 0.816. The molecule has 0 saturated heterocycles. The third kappa shape index (κ3) is 5.49. The average molecular weight is 180 g/mol. The molecule has 2 N–H and O–H groups in total. The van der Waals surface area contributed by atoms with Crippen molar-refractivity contribution in [2.24, 2.45) is 0 Å². The number of benzene rings is 1. The van der Waals surface area contributed by atoms with E-state index in [2.05, 4.69) is 25.6 Å². The van der Waals surface area contributed by atoms with Crippen LogP contribution in [0.2, 0.25) is 0 Å². The molecule has 0 saturated carbocycles. The van der Waals surface area contributed by atoms with Gasteiger partial charge in [0.25, 0.3) is 0 Å². The van der Waals surface area contributed by atoms with Gasteiger partial charge in [0, 0.05) is 0 Å².